The second kappa shape index (κ2) is 8.84. The van der Waals surface area contributed by atoms with Crippen molar-refractivity contribution in [3.63, 3.8) is 0 Å². The van der Waals surface area contributed by atoms with Gasteiger partial charge in [-0.2, -0.15) is 0 Å². The second-order valence-electron chi connectivity index (χ2n) is 7.82. The van der Waals surface area contributed by atoms with Gasteiger partial charge in [-0.3, -0.25) is 0 Å². The summed E-state index contributed by atoms with van der Waals surface area (Å²) in [7, 11) is 0. The summed E-state index contributed by atoms with van der Waals surface area (Å²) in [6, 6.07) is 18.8. The van der Waals surface area contributed by atoms with Gasteiger partial charge in [0.15, 0.2) is 6.04 Å². The van der Waals surface area contributed by atoms with Gasteiger partial charge in [0.05, 0.1) is 13.1 Å². The predicted molar refractivity (Wildman–Crippen MR) is 110 cm³/mol. The number of benzene rings is 2. The molecule has 1 aliphatic heterocycles. The highest BCUT2D eigenvalue weighted by molar-refractivity contribution is 6.30. The maximum Gasteiger partial charge on any atom is 0.214 e. The Hall–Kier alpha value is -2.24. The topological polar surface area (TPSA) is 48.0 Å². The van der Waals surface area contributed by atoms with Crippen LogP contribution in [0.3, 0.4) is 0 Å². The van der Waals surface area contributed by atoms with Crippen LogP contribution in [0.5, 0.6) is 0 Å². The van der Waals surface area contributed by atoms with Crippen LogP contribution in [0.15, 0.2) is 54.6 Å². The van der Waals surface area contributed by atoms with Crippen molar-refractivity contribution in [1.82, 2.24) is 20.2 Å². The normalized spacial score (nSPS) is 20.8. The van der Waals surface area contributed by atoms with E-state index < -0.39 is 0 Å². The third-order valence-electron chi connectivity index (χ3n) is 5.80. The lowest BCUT2D eigenvalue weighted by Crippen LogP contribution is -3.13. The number of nitrogens with one attached hydrogen (secondary N) is 1. The van der Waals surface area contributed by atoms with E-state index in [1.807, 2.05) is 22.9 Å². The lowest BCUT2D eigenvalue weighted by Gasteiger charge is -2.33. The fraction of sp³-hybridized carbons (Fsp3) is 0.409. The number of halogens is 1. The van der Waals surface area contributed by atoms with Crippen LogP contribution < -0.4 is 4.90 Å². The summed E-state index contributed by atoms with van der Waals surface area (Å²) in [5.74, 6) is 1.74. The van der Waals surface area contributed by atoms with Crippen molar-refractivity contribution in [1.29, 1.82) is 0 Å². The summed E-state index contributed by atoms with van der Waals surface area (Å²) in [5, 5.41) is 13.6. The number of quaternary nitrogens is 1. The molecule has 3 aromatic rings. The summed E-state index contributed by atoms with van der Waals surface area (Å²) in [5.41, 5.74) is 2.52. The quantitative estimate of drug-likeness (QED) is 0.696. The SMILES string of the molecule is CC1CC[NH+]([C@H](c2ccc(Cl)cc2)c2nnnn2CCc2ccccc2)CC1. The van der Waals surface area contributed by atoms with E-state index in [2.05, 4.69) is 58.8 Å². The van der Waals surface area contributed by atoms with Crippen LogP contribution in [0.4, 0.5) is 0 Å². The summed E-state index contributed by atoms with van der Waals surface area (Å²) >= 11 is 6.14. The molecule has 0 aliphatic carbocycles. The Morgan fingerprint density at radius 3 is 2.50 bits per heavy atom. The maximum atomic E-state index is 6.14. The average molecular weight is 397 g/mol. The van der Waals surface area contributed by atoms with Crippen LogP contribution in [0.25, 0.3) is 0 Å². The minimum atomic E-state index is 0.135. The molecule has 0 unspecified atom stereocenters. The van der Waals surface area contributed by atoms with Crippen LogP contribution >= 0.6 is 11.6 Å². The molecular weight excluding hydrogens is 370 g/mol. The number of likely N-dealkylation sites (tertiary alicyclic amines) is 1. The number of tetrazole rings is 1. The lowest BCUT2D eigenvalue weighted by molar-refractivity contribution is -0.932. The monoisotopic (exact) mass is 396 g/mol. The van der Waals surface area contributed by atoms with Crippen molar-refractivity contribution < 1.29 is 4.90 Å². The first-order valence-electron chi connectivity index (χ1n) is 10.1. The highest BCUT2D eigenvalue weighted by Gasteiger charge is 2.33. The third-order valence-corrected chi connectivity index (χ3v) is 6.05. The highest BCUT2D eigenvalue weighted by atomic mass is 35.5. The molecule has 4 rings (SSSR count). The number of hydrogen-bond acceptors (Lipinski definition) is 3. The maximum absolute atomic E-state index is 6.14. The number of aromatic nitrogens is 4. The molecule has 1 aliphatic rings. The van der Waals surface area contributed by atoms with Gasteiger partial charge >= 0.3 is 0 Å². The molecule has 2 aromatic carbocycles. The van der Waals surface area contributed by atoms with E-state index in [9.17, 15) is 0 Å². The van der Waals surface area contributed by atoms with Gasteiger partial charge in [0, 0.05) is 17.1 Å². The van der Waals surface area contributed by atoms with E-state index in [0.717, 1.165) is 42.8 Å². The van der Waals surface area contributed by atoms with Crippen LogP contribution in [0.2, 0.25) is 5.02 Å². The Morgan fingerprint density at radius 2 is 1.79 bits per heavy atom. The molecule has 2 heterocycles. The van der Waals surface area contributed by atoms with E-state index in [0.29, 0.717) is 0 Å². The van der Waals surface area contributed by atoms with Crippen molar-refractivity contribution in [3.05, 3.63) is 76.6 Å². The smallest absolute Gasteiger partial charge is 0.214 e. The summed E-state index contributed by atoms with van der Waals surface area (Å²) < 4.78 is 1.98. The molecule has 0 radical (unpaired) electrons. The van der Waals surface area contributed by atoms with E-state index in [1.165, 1.54) is 28.9 Å². The van der Waals surface area contributed by atoms with Gasteiger partial charge in [-0.05, 0) is 53.3 Å². The number of nitrogens with zero attached hydrogens (tertiary/aromatic N) is 4. The second-order valence-corrected chi connectivity index (χ2v) is 8.26. The van der Waals surface area contributed by atoms with Gasteiger partial charge in [-0.1, -0.05) is 61.0 Å². The number of rotatable bonds is 6. The molecule has 0 spiro atoms. The summed E-state index contributed by atoms with van der Waals surface area (Å²) in [4.78, 5) is 1.54. The third kappa shape index (κ3) is 4.42. The molecule has 1 aromatic heterocycles. The number of piperidine rings is 1. The Balaban J connectivity index is 1.61. The Morgan fingerprint density at radius 1 is 1.07 bits per heavy atom. The van der Waals surface area contributed by atoms with E-state index in [1.54, 1.807) is 0 Å². The van der Waals surface area contributed by atoms with Gasteiger partial charge in [-0.25, -0.2) is 4.68 Å². The molecule has 1 atom stereocenters. The largest absolute Gasteiger partial charge is 0.322 e. The summed E-state index contributed by atoms with van der Waals surface area (Å²) in [6.07, 6.45) is 3.40. The van der Waals surface area contributed by atoms with Crippen molar-refractivity contribution in [2.75, 3.05) is 13.1 Å². The zero-order valence-electron chi connectivity index (χ0n) is 16.3. The molecule has 6 heteroatoms. The molecule has 0 amide bonds. The summed E-state index contributed by atoms with van der Waals surface area (Å²) in [6.45, 7) is 5.40. The van der Waals surface area contributed by atoms with Gasteiger partial charge in [0.1, 0.15) is 0 Å². The molecule has 1 saturated heterocycles. The van der Waals surface area contributed by atoms with Crippen molar-refractivity contribution in [3.8, 4) is 0 Å². The Kier molecular flexibility index (Phi) is 6.03. The first-order valence-corrected chi connectivity index (χ1v) is 10.5. The lowest BCUT2D eigenvalue weighted by atomic mass is 9.95. The predicted octanol–water partition coefficient (Wildman–Crippen LogP) is 2.97. The van der Waals surface area contributed by atoms with Gasteiger partial charge < -0.3 is 4.90 Å². The van der Waals surface area contributed by atoms with Crippen molar-refractivity contribution >= 4 is 11.6 Å². The number of hydrogen-bond donors (Lipinski definition) is 1. The van der Waals surface area contributed by atoms with Crippen LogP contribution in [-0.4, -0.2) is 33.3 Å². The molecule has 146 valence electrons. The zero-order chi connectivity index (χ0) is 19.3. The fourth-order valence-corrected chi connectivity index (χ4v) is 4.23. The first kappa shape index (κ1) is 19.1. The van der Waals surface area contributed by atoms with Gasteiger partial charge in [-0.15, -0.1) is 5.10 Å². The van der Waals surface area contributed by atoms with E-state index in [4.69, 9.17) is 11.6 Å². The van der Waals surface area contributed by atoms with E-state index in [-0.39, 0.29) is 6.04 Å². The first-order chi connectivity index (χ1) is 13.7. The molecule has 1 fully saturated rings. The molecule has 28 heavy (non-hydrogen) atoms. The zero-order valence-corrected chi connectivity index (χ0v) is 17.0. The molecule has 0 saturated carbocycles. The standard InChI is InChI=1S/C22H26ClN5/c1-17-11-14-27(15-12-17)21(19-7-9-20(23)10-8-19)22-24-25-26-28(22)16-13-18-5-3-2-4-6-18/h2-10,17,21H,11-16H2,1H3/p+1/t21-/m1/s1. The van der Waals surface area contributed by atoms with E-state index >= 15 is 0 Å². The number of aryl methyl sites for hydroxylation is 2. The van der Waals surface area contributed by atoms with Crippen molar-refractivity contribution in [2.24, 2.45) is 5.92 Å². The minimum absolute atomic E-state index is 0.135. The van der Waals surface area contributed by atoms with Gasteiger partial charge in [0.25, 0.3) is 0 Å². The van der Waals surface area contributed by atoms with Gasteiger partial charge in [0.2, 0.25) is 5.82 Å². The highest BCUT2D eigenvalue weighted by Crippen LogP contribution is 2.21. The molecule has 0 bridgehead atoms. The average Bonchev–Trinajstić information content (AvgIpc) is 3.18. The fourth-order valence-electron chi connectivity index (χ4n) is 4.10. The minimum Gasteiger partial charge on any atom is -0.322 e. The molecule has 1 N–H and O–H groups in total. The molecular formula is C22H27ClN5+. The van der Waals surface area contributed by atoms with Crippen molar-refractivity contribution in [2.45, 2.75) is 38.8 Å². The van der Waals surface area contributed by atoms with Crippen LogP contribution in [0.1, 0.15) is 42.8 Å². The Bertz CT molecular complexity index is 869. The Labute approximate surface area is 171 Å². The van der Waals surface area contributed by atoms with Crippen LogP contribution in [-0.2, 0) is 13.0 Å². The molecule has 5 nitrogen and oxygen atoms in total. The van der Waals surface area contributed by atoms with Crippen LogP contribution in [0, 0.1) is 5.92 Å².